The first-order valence-electron chi connectivity index (χ1n) is 12.6. The smallest absolute Gasteiger partial charge is 0.0789 e. The lowest BCUT2D eigenvalue weighted by atomic mass is 9.87. The lowest BCUT2D eigenvalue weighted by Crippen LogP contribution is -2.08. The highest BCUT2D eigenvalue weighted by molar-refractivity contribution is 6.08. The second-order valence-corrected chi connectivity index (χ2v) is 8.91. The molecule has 2 aromatic carbocycles. The predicted molar refractivity (Wildman–Crippen MR) is 134 cm³/mol. The highest BCUT2D eigenvalue weighted by Gasteiger charge is 2.19. The molecule has 0 saturated carbocycles. The first-order chi connectivity index (χ1) is 14.7. The van der Waals surface area contributed by atoms with Gasteiger partial charge in [0.05, 0.1) is 5.52 Å². The summed E-state index contributed by atoms with van der Waals surface area (Å²) in [7, 11) is 0. The number of hydrogen-bond acceptors (Lipinski definition) is 1. The van der Waals surface area contributed by atoms with Gasteiger partial charge in [0.1, 0.15) is 0 Å². The number of aryl methyl sites for hydroxylation is 3. The van der Waals surface area contributed by atoms with Crippen LogP contribution < -0.4 is 0 Å². The van der Waals surface area contributed by atoms with Gasteiger partial charge in [0.15, 0.2) is 0 Å². The standard InChI is InChI=1S/C29H41N/c1-5-9-15-23-21-22-16-13-14-19-24(22)29-28(23)26(18-11-7-3)25(17-10-6-2)27(30-29)20-12-8-4/h13-14,16,19,21H,5-12,15,17-18,20H2,1-4H3. The van der Waals surface area contributed by atoms with Crippen LogP contribution in [-0.4, -0.2) is 4.98 Å². The van der Waals surface area contributed by atoms with Gasteiger partial charge in [-0.25, -0.2) is 0 Å². The third-order valence-corrected chi connectivity index (χ3v) is 6.49. The van der Waals surface area contributed by atoms with E-state index in [-0.39, 0.29) is 0 Å². The summed E-state index contributed by atoms with van der Waals surface area (Å²) in [5, 5.41) is 4.19. The third-order valence-electron chi connectivity index (χ3n) is 6.49. The molecule has 0 bridgehead atoms. The van der Waals surface area contributed by atoms with Crippen molar-refractivity contribution < 1.29 is 0 Å². The molecular weight excluding hydrogens is 362 g/mol. The highest BCUT2D eigenvalue weighted by Crippen LogP contribution is 2.35. The molecule has 1 heterocycles. The number of unbranched alkanes of at least 4 members (excludes halogenated alkanes) is 4. The zero-order chi connectivity index (χ0) is 21.3. The number of rotatable bonds is 12. The quantitative estimate of drug-likeness (QED) is 0.275. The Balaban J connectivity index is 2.35. The molecule has 30 heavy (non-hydrogen) atoms. The summed E-state index contributed by atoms with van der Waals surface area (Å²) >= 11 is 0. The Hall–Kier alpha value is -1.89. The van der Waals surface area contributed by atoms with Crippen molar-refractivity contribution in [2.24, 2.45) is 0 Å². The van der Waals surface area contributed by atoms with Crippen molar-refractivity contribution in [3.63, 3.8) is 0 Å². The molecule has 0 spiro atoms. The van der Waals surface area contributed by atoms with Gasteiger partial charge < -0.3 is 0 Å². The minimum Gasteiger partial charge on any atom is -0.252 e. The van der Waals surface area contributed by atoms with E-state index in [0.717, 1.165) is 6.42 Å². The molecule has 0 amide bonds. The Labute approximate surface area is 184 Å². The number of nitrogens with zero attached hydrogens (tertiary/aromatic N) is 1. The van der Waals surface area contributed by atoms with Gasteiger partial charge in [0.2, 0.25) is 0 Å². The van der Waals surface area contributed by atoms with Gasteiger partial charge in [-0.3, -0.25) is 4.98 Å². The average Bonchev–Trinajstić information content (AvgIpc) is 2.78. The highest BCUT2D eigenvalue weighted by atomic mass is 14.7. The molecule has 0 saturated heterocycles. The van der Waals surface area contributed by atoms with Crippen molar-refractivity contribution in [1.82, 2.24) is 4.98 Å². The fourth-order valence-electron chi connectivity index (χ4n) is 4.76. The molecule has 3 aromatic rings. The second kappa shape index (κ2) is 11.5. The number of hydrogen-bond donors (Lipinski definition) is 0. The van der Waals surface area contributed by atoms with Gasteiger partial charge >= 0.3 is 0 Å². The van der Waals surface area contributed by atoms with Crippen LogP contribution in [0, 0.1) is 0 Å². The number of pyridine rings is 1. The lowest BCUT2D eigenvalue weighted by molar-refractivity contribution is 0.725. The van der Waals surface area contributed by atoms with Gasteiger partial charge in [-0.05, 0) is 73.4 Å². The van der Waals surface area contributed by atoms with Crippen LogP contribution in [0.3, 0.4) is 0 Å². The molecule has 0 radical (unpaired) electrons. The van der Waals surface area contributed by atoms with Crippen LogP contribution in [0.2, 0.25) is 0 Å². The second-order valence-electron chi connectivity index (χ2n) is 8.91. The zero-order valence-corrected chi connectivity index (χ0v) is 19.8. The van der Waals surface area contributed by atoms with E-state index >= 15 is 0 Å². The normalized spacial score (nSPS) is 11.6. The Bertz CT molecular complexity index is 954. The molecular formula is C29H41N. The van der Waals surface area contributed by atoms with E-state index in [9.17, 15) is 0 Å². The van der Waals surface area contributed by atoms with Crippen LogP contribution >= 0.6 is 0 Å². The van der Waals surface area contributed by atoms with Crippen molar-refractivity contribution in [3.05, 3.63) is 52.7 Å². The van der Waals surface area contributed by atoms with Crippen LogP contribution in [0.4, 0.5) is 0 Å². The summed E-state index contributed by atoms with van der Waals surface area (Å²) in [6.07, 6.45) is 14.7. The van der Waals surface area contributed by atoms with E-state index in [4.69, 9.17) is 4.98 Å². The van der Waals surface area contributed by atoms with Crippen molar-refractivity contribution in [2.75, 3.05) is 0 Å². The van der Waals surface area contributed by atoms with E-state index < -0.39 is 0 Å². The molecule has 3 rings (SSSR count). The van der Waals surface area contributed by atoms with Crippen LogP contribution in [0.15, 0.2) is 30.3 Å². The Morgan fingerprint density at radius 1 is 0.667 bits per heavy atom. The predicted octanol–water partition coefficient (Wildman–Crippen LogP) is 8.76. The fourth-order valence-corrected chi connectivity index (χ4v) is 4.76. The molecule has 1 heteroatoms. The largest absolute Gasteiger partial charge is 0.252 e. The molecule has 162 valence electrons. The first kappa shape index (κ1) is 22.8. The summed E-state index contributed by atoms with van der Waals surface area (Å²) in [6, 6.07) is 11.4. The fraction of sp³-hybridized carbons (Fsp3) is 0.552. The van der Waals surface area contributed by atoms with Gasteiger partial charge in [0.25, 0.3) is 0 Å². The van der Waals surface area contributed by atoms with Gasteiger partial charge in [-0.2, -0.15) is 0 Å². The molecule has 0 atom stereocenters. The summed E-state index contributed by atoms with van der Waals surface area (Å²) in [5.74, 6) is 0. The molecule has 0 N–H and O–H groups in total. The van der Waals surface area contributed by atoms with Crippen LogP contribution in [0.1, 0.15) is 101 Å². The SMILES string of the molecule is CCCCc1nc2c(c(CCCC)cc3ccccc32)c(CCCC)c1CCCC. The summed E-state index contributed by atoms with van der Waals surface area (Å²) in [6.45, 7) is 9.23. The zero-order valence-electron chi connectivity index (χ0n) is 19.8. The molecule has 1 aromatic heterocycles. The summed E-state index contributed by atoms with van der Waals surface area (Å²) < 4.78 is 0. The maximum absolute atomic E-state index is 5.43. The van der Waals surface area contributed by atoms with E-state index in [1.807, 2.05) is 0 Å². The maximum Gasteiger partial charge on any atom is 0.0789 e. The van der Waals surface area contributed by atoms with E-state index in [1.54, 1.807) is 11.1 Å². The number of benzene rings is 2. The van der Waals surface area contributed by atoms with Crippen LogP contribution in [0.5, 0.6) is 0 Å². The Kier molecular flexibility index (Phi) is 8.73. The lowest BCUT2D eigenvalue weighted by Gasteiger charge is -2.21. The van der Waals surface area contributed by atoms with E-state index in [2.05, 4.69) is 58.0 Å². The Morgan fingerprint density at radius 3 is 1.97 bits per heavy atom. The third kappa shape index (κ3) is 5.05. The minimum atomic E-state index is 1.12. The molecule has 1 nitrogen and oxygen atoms in total. The van der Waals surface area contributed by atoms with Crippen molar-refractivity contribution in [1.29, 1.82) is 0 Å². The topological polar surface area (TPSA) is 12.9 Å². The first-order valence-corrected chi connectivity index (χ1v) is 12.6. The van der Waals surface area contributed by atoms with Gasteiger partial charge in [0, 0.05) is 16.5 Å². The molecule has 0 unspecified atom stereocenters. The van der Waals surface area contributed by atoms with Crippen LogP contribution in [-0.2, 0) is 25.7 Å². The molecule has 0 aliphatic rings. The average molecular weight is 404 g/mol. The summed E-state index contributed by atoms with van der Waals surface area (Å²) in [4.78, 5) is 5.43. The number of aromatic nitrogens is 1. The summed E-state index contributed by atoms with van der Waals surface area (Å²) in [5.41, 5.74) is 7.43. The van der Waals surface area contributed by atoms with Crippen molar-refractivity contribution >= 4 is 21.7 Å². The van der Waals surface area contributed by atoms with Gasteiger partial charge in [-0.15, -0.1) is 0 Å². The molecule has 0 aliphatic carbocycles. The molecule has 0 aliphatic heterocycles. The minimum absolute atomic E-state index is 1.12. The monoisotopic (exact) mass is 403 g/mol. The van der Waals surface area contributed by atoms with Crippen LogP contribution in [0.25, 0.3) is 21.7 Å². The number of fused-ring (bicyclic) bond motifs is 3. The van der Waals surface area contributed by atoms with Gasteiger partial charge in [-0.1, -0.05) is 83.7 Å². The molecule has 0 fully saturated rings. The van der Waals surface area contributed by atoms with E-state index in [1.165, 1.54) is 104 Å². The van der Waals surface area contributed by atoms with E-state index in [0.29, 0.717) is 0 Å². The maximum atomic E-state index is 5.43. The van der Waals surface area contributed by atoms with Crippen molar-refractivity contribution in [3.8, 4) is 0 Å². The Morgan fingerprint density at radius 2 is 1.27 bits per heavy atom. The van der Waals surface area contributed by atoms with Crippen molar-refractivity contribution in [2.45, 2.75) is 105 Å².